The van der Waals surface area contributed by atoms with E-state index in [-0.39, 0.29) is 0 Å². The van der Waals surface area contributed by atoms with Crippen molar-refractivity contribution in [3.05, 3.63) is 24.0 Å². The summed E-state index contributed by atoms with van der Waals surface area (Å²) in [6.07, 6.45) is 3.25. The summed E-state index contributed by atoms with van der Waals surface area (Å²) in [5.74, 6) is 5.51. The van der Waals surface area contributed by atoms with Gasteiger partial charge in [0.25, 0.3) is 0 Å². The number of hydrogen-bond acceptors (Lipinski definition) is 3. The molecule has 0 saturated heterocycles. The van der Waals surface area contributed by atoms with Crippen LogP contribution in [-0.2, 0) is 0 Å². The van der Waals surface area contributed by atoms with Gasteiger partial charge in [-0.05, 0) is 6.07 Å². The number of nitrogen functional groups attached to an aromatic ring is 1. The number of pyridine rings is 1. The van der Waals surface area contributed by atoms with Crippen molar-refractivity contribution >= 4 is 5.69 Å². The third kappa shape index (κ3) is 1.95. The summed E-state index contributed by atoms with van der Waals surface area (Å²) in [7, 11) is 0. The van der Waals surface area contributed by atoms with E-state index in [4.69, 9.17) is 11.5 Å². The predicted octanol–water partition coefficient (Wildman–Crippen LogP) is -0.0260. The van der Waals surface area contributed by atoms with E-state index in [2.05, 4.69) is 16.8 Å². The lowest BCUT2D eigenvalue weighted by molar-refractivity contribution is 1.29. The fraction of sp³-hybridized carbons (Fsp3) is 0.125. The summed E-state index contributed by atoms with van der Waals surface area (Å²) in [6.45, 7) is 0.342. The Bertz CT molecular complexity index is 296. The van der Waals surface area contributed by atoms with Crippen LogP contribution in [0.1, 0.15) is 5.56 Å². The topological polar surface area (TPSA) is 64.9 Å². The molecule has 0 atom stereocenters. The van der Waals surface area contributed by atoms with Crippen molar-refractivity contribution in [1.29, 1.82) is 0 Å². The lowest BCUT2D eigenvalue weighted by atomic mass is 10.2. The zero-order valence-corrected chi connectivity index (χ0v) is 6.04. The van der Waals surface area contributed by atoms with Crippen LogP contribution in [0.4, 0.5) is 5.69 Å². The Balaban J connectivity index is 2.95. The van der Waals surface area contributed by atoms with E-state index in [1.54, 1.807) is 18.5 Å². The van der Waals surface area contributed by atoms with Crippen molar-refractivity contribution in [1.82, 2.24) is 4.98 Å². The van der Waals surface area contributed by atoms with Gasteiger partial charge in [-0.3, -0.25) is 4.98 Å². The summed E-state index contributed by atoms with van der Waals surface area (Å²) in [6, 6.07) is 1.71. The standard InChI is InChI=1S/C8H9N3/c9-4-1-2-7-6-11-5-3-8(7)10/h3,5-6H,4,9H2,(H2,10,11). The second kappa shape index (κ2) is 3.59. The first-order chi connectivity index (χ1) is 5.34. The molecule has 11 heavy (non-hydrogen) atoms. The minimum Gasteiger partial charge on any atom is -0.398 e. The third-order valence-electron chi connectivity index (χ3n) is 1.18. The highest BCUT2D eigenvalue weighted by atomic mass is 14.7. The molecule has 0 spiro atoms. The zero-order valence-electron chi connectivity index (χ0n) is 6.04. The summed E-state index contributed by atoms with van der Waals surface area (Å²) in [5, 5.41) is 0. The van der Waals surface area contributed by atoms with Crippen molar-refractivity contribution in [3.63, 3.8) is 0 Å². The Hall–Kier alpha value is -1.53. The zero-order chi connectivity index (χ0) is 8.10. The first-order valence-corrected chi connectivity index (χ1v) is 3.23. The van der Waals surface area contributed by atoms with Crippen LogP contribution in [0.15, 0.2) is 18.5 Å². The minimum absolute atomic E-state index is 0.342. The van der Waals surface area contributed by atoms with E-state index in [9.17, 15) is 0 Å². The molecule has 0 aliphatic carbocycles. The highest BCUT2D eigenvalue weighted by molar-refractivity contribution is 5.53. The van der Waals surface area contributed by atoms with Gasteiger partial charge in [-0.1, -0.05) is 11.8 Å². The second-order valence-electron chi connectivity index (χ2n) is 1.97. The lowest BCUT2D eigenvalue weighted by Gasteiger charge is -1.93. The Labute approximate surface area is 65.4 Å². The molecule has 3 heteroatoms. The van der Waals surface area contributed by atoms with Crippen LogP contribution < -0.4 is 11.5 Å². The van der Waals surface area contributed by atoms with Gasteiger partial charge in [-0.15, -0.1) is 0 Å². The minimum atomic E-state index is 0.342. The van der Waals surface area contributed by atoms with Gasteiger partial charge >= 0.3 is 0 Å². The van der Waals surface area contributed by atoms with Gasteiger partial charge in [-0.25, -0.2) is 0 Å². The molecule has 3 nitrogen and oxygen atoms in total. The fourth-order valence-electron chi connectivity index (χ4n) is 0.656. The molecular formula is C8H9N3. The maximum atomic E-state index is 5.58. The van der Waals surface area contributed by atoms with Crippen LogP contribution in [-0.4, -0.2) is 11.5 Å². The van der Waals surface area contributed by atoms with Gasteiger partial charge in [0.15, 0.2) is 0 Å². The average Bonchev–Trinajstić information content (AvgIpc) is 2.03. The second-order valence-corrected chi connectivity index (χ2v) is 1.97. The van der Waals surface area contributed by atoms with Crippen molar-refractivity contribution < 1.29 is 0 Å². The van der Waals surface area contributed by atoms with Gasteiger partial charge in [0, 0.05) is 12.4 Å². The van der Waals surface area contributed by atoms with Gasteiger partial charge in [-0.2, -0.15) is 0 Å². The smallest absolute Gasteiger partial charge is 0.0658 e. The van der Waals surface area contributed by atoms with E-state index in [1.165, 1.54) is 0 Å². The molecule has 1 aromatic heterocycles. The molecule has 1 aromatic rings. The largest absolute Gasteiger partial charge is 0.398 e. The van der Waals surface area contributed by atoms with Crippen LogP contribution >= 0.6 is 0 Å². The highest BCUT2D eigenvalue weighted by Gasteiger charge is 1.90. The fourth-order valence-corrected chi connectivity index (χ4v) is 0.656. The predicted molar refractivity (Wildman–Crippen MR) is 44.6 cm³/mol. The maximum absolute atomic E-state index is 5.58. The van der Waals surface area contributed by atoms with Gasteiger partial charge in [0.05, 0.1) is 17.8 Å². The van der Waals surface area contributed by atoms with Gasteiger partial charge in [0.2, 0.25) is 0 Å². The Morgan fingerprint density at radius 2 is 2.36 bits per heavy atom. The molecule has 0 aliphatic heterocycles. The SMILES string of the molecule is NCC#Cc1cnccc1N. The molecule has 4 N–H and O–H groups in total. The number of anilines is 1. The summed E-state index contributed by atoms with van der Waals surface area (Å²) >= 11 is 0. The molecule has 0 unspecified atom stereocenters. The summed E-state index contributed by atoms with van der Waals surface area (Å²) in [4.78, 5) is 3.88. The molecule has 0 fully saturated rings. The molecule has 56 valence electrons. The summed E-state index contributed by atoms with van der Waals surface area (Å²) < 4.78 is 0. The van der Waals surface area contributed by atoms with E-state index < -0.39 is 0 Å². The number of rotatable bonds is 0. The molecule has 0 amide bonds. The van der Waals surface area contributed by atoms with Gasteiger partial charge in [0.1, 0.15) is 0 Å². The Kier molecular flexibility index (Phi) is 2.47. The van der Waals surface area contributed by atoms with Crippen LogP contribution in [0.25, 0.3) is 0 Å². The third-order valence-corrected chi connectivity index (χ3v) is 1.18. The first-order valence-electron chi connectivity index (χ1n) is 3.23. The van der Waals surface area contributed by atoms with Crippen molar-refractivity contribution in [2.24, 2.45) is 5.73 Å². The van der Waals surface area contributed by atoms with E-state index in [0.717, 1.165) is 5.56 Å². The number of hydrogen-bond donors (Lipinski definition) is 2. The van der Waals surface area contributed by atoms with Crippen LogP contribution in [0.3, 0.4) is 0 Å². The Morgan fingerprint density at radius 1 is 1.55 bits per heavy atom. The quantitative estimate of drug-likeness (QED) is 0.506. The monoisotopic (exact) mass is 147 g/mol. The first kappa shape index (κ1) is 7.58. The van der Waals surface area contributed by atoms with E-state index in [1.807, 2.05) is 0 Å². The maximum Gasteiger partial charge on any atom is 0.0658 e. The molecule has 0 aromatic carbocycles. The molecule has 1 heterocycles. The molecule has 0 radical (unpaired) electrons. The van der Waals surface area contributed by atoms with Gasteiger partial charge < -0.3 is 11.5 Å². The average molecular weight is 147 g/mol. The van der Waals surface area contributed by atoms with Crippen molar-refractivity contribution in [3.8, 4) is 11.8 Å². The molecule has 0 aliphatic rings. The number of nitrogens with zero attached hydrogens (tertiary/aromatic N) is 1. The van der Waals surface area contributed by atoms with E-state index >= 15 is 0 Å². The van der Waals surface area contributed by atoms with Crippen LogP contribution in [0.2, 0.25) is 0 Å². The molecule has 0 saturated carbocycles. The van der Waals surface area contributed by atoms with Crippen molar-refractivity contribution in [2.75, 3.05) is 12.3 Å². The highest BCUT2D eigenvalue weighted by Crippen LogP contribution is 2.05. The summed E-state index contributed by atoms with van der Waals surface area (Å²) in [5.41, 5.74) is 12.1. The van der Waals surface area contributed by atoms with E-state index in [0.29, 0.717) is 12.2 Å². The van der Waals surface area contributed by atoms with Crippen molar-refractivity contribution in [2.45, 2.75) is 0 Å². The molecule has 1 rings (SSSR count). The lowest BCUT2D eigenvalue weighted by Crippen LogP contribution is -1.94. The molecular weight excluding hydrogens is 138 g/mol. The molecule has 0 bridgehead atoms. The Morgan fingerprint density at radius 3 is 3.00 bits per heavy atom. The number of nitrogens with two attached hydrogens (primary N) is 2. The number of aromatic nitrogens is 1. The normalized spacial score (nSPS) is 8.45. The van der Waals surface area contributed by atoms with Crippen LogP contribution in [0, 0.1) is 11.8 Å². The van der Waals surface area contributed by atoms with Crippen LogP contribution in [0.5, 0.6) is 0 Å².